The van der Waals surface area contributed by atoms with Crippen molar-refractivity contribution in [1.29, 1.82) is 0 Å². The van der Waals surface area contributed by atoms with Crippen LogP contribution < -0.4 is 5.32 Å². The smallest absolute Gasteiger partial charge is 0.456 e. The number of nitrogens with one attached hydrogen (secondary N) is 1. The first-order valence-corrected chi connectivity index (χ1v) is 34.8. The maximum atomic E-state index is 13.6. The fourth-order valence-electron chi connectivity index (χ4n) is 9.91. The highest BCUT2D eigenvalue weighted by atomic mass is 31.2. The molecule has 10 heteroatoms. The fraction of sp³-hybridized carbons (Fsp3) is 0.881. The molecular formula is C67H130N2O7P+. The summed E-state index contributed by atoms with van der Waals surface area (Å²) in [7, 11) is 1.51. The van der Waals surface area contributed by atoms with E-state index in [1.807, 2.05) is 33.3 Å². The molecule has 2 N–H and O–H groups in total. The average Bonchev–Trinajstić information content (AvgIpc) is 3.39. The van der Waals surface area contributed by atoms with Gasteiger partial charge in [-0.2, -0.15) is 0 Å². The summed E-state index contributed by atoms with van der Waals surface area (Å²) >= 11 is 0. The molecule has 0 aromatic carbocycles. The number of ether oxygens (including phenoxy) is 1. The number of phosphoric ester groups is 1. The first-order chi connectivity index (χ1) is 37.4. The number of unbranched alkanes of at least 4 members (excludes halogenated alkanes) is 41. The third-order valence-electron chi connectivity index (χ3n) is 15.1. The minimum atomic E-state index is -4.44. The van der Waals surface area contributed by atoms with Crippen molar-refractivity contribution in [2.75, 3.05) is 40.9 Å². The summed E-state index contributed by atoms with van der Waals surface area (Å²) in [4.78, 5) is 37.8. The summed E-state index contributed by atoms with van der Waals surface area (Å²) in [6, 6.07) is -0.844. The number of esters is 1. The molecule has 0 saturated carbocycles. The highest BCUT2D eigenvalue weighted by molar-refractivity contribution is 7.47. The lowest BCUT2D eigenvalue weighted by Crippen LogP contribution is -2.47. The van der Waals surface area contributed by atoms with E-state index in [0.29, 0.717) is 23.9 Å². The molecule has 0 aromatic rings. The molecule has 9 nitrogen and oxygen atoms in total. The van der Waals surface area contributed by atoms with Crippen LogP contribution in [0.15, 0.2) is 36.5 Å². The number of rotatable bonds is 61. The van der Waals surface area contributed by atoms with Gasteiger partial charge in [0.2, 0.25) is 5.91 Å². The number of carbonyl (C=O) groups excluding carboxylic acids is 2. The van der Waals surface area contributed by atoms with Gasteiger partial charge >= 0.3 is 13.8 Å². The third-order valence-corrected chi connectivity index (χ3v) is 16.1. The Bertz CT molecular complexity index is 1410. The lowest BCUT2D eigenvalue weighted by atomic mass is 10.0. The Labute approximate surface area is 478 Å². The molecule has 0 aliphatic carbocycles. The number of phosphoric acid groups is 1. The minimum absolute atomic E-state index is 0.0429. The Kier molecular flexibility index (Phi) is 56.1. The monoisotopic (exact) mass is 1110 g/mol. The van der Waals surface area contributed by atoms with E-state index in [9.17, 15) is 19.0 Å². The minimum Gasteiger partial charge on any atom is -0.456 e. The van der Waals surface area contributed by atoms with Gasteiger partial charge in [0.15, 0.2) is 0 Å². The molecule has 0 rings (SSSR count). The van der Waals surface area contributed by atoms with Gasteiger partial charge in [0.05, 0.1) is 33.8 Å². The molecule has 3 unspecified atom stereocenters. The van der Waals surface area contributed by atoms with E-state index in [1.165, 1.54) is 231 Å². The van der Waals surface area contributed by atoms with Gasteiger partial charge in [0.25, 0.3) is 0 Å². The number of hydrogen-bond donors (Lipinski definition) is 2. The van der Waals surface area contributed by atoms with Crippen molar-refractivity contribution < 1.29 is 37.3 Å². The van der Waals surface area contributed by atoms with Crippen LogP contribution in [0.25, 0.3) is 0 Å². The lowest BCUT2D eigenvalue weighted by molar-refractivity contribution is -0.870. The predicted molar refractivity (Wildman–Crippen MR) is 332 cm³/mol. The van der Waals surface area contributed by atoms with Crippen molar-refractivity contribution in [2.45, 2.75) is 341 Å². The molecule has 77 heavy (non-hydrogen) atoms. The molecule has 0 spiro atoms. The Morgan fingerprint density at radius 3 is 1.19 bits per heavy atom. The molecular weight excluding hydrogens is 976 g/mol. The van der Waals surface area contributed by atoms with Crippen LogP contribution in [-0.4, -0.2) is 74.3 Å². The molecule has 0 aliphatic heterocycles. The Morgan fingerprint density at radius 2 is 0.792 bits per heavy atom. The zero-order chi connectivity index (χ0) is 56.4. The van der Waals surface area contributed by atoms with Crippen molar-refractivity contribution in [3.63, 3.8) is 0 Å². The average molecular weight is 1110 g/mol. The van der Waals surface area contributed by atoms with Crippen LogP contribution in [-0.2, 0) is 27.9 Å². The summed E-state index contributed by atoms with van der Waals surface area (Å²) in [5.41, 5.74) is 0. The molecule has 3 atom stereocenters. The number of hydrogen-bond acceptors (Lipinski definition) is 6. The first-order valence-electron chi connectivity index (χ1n) is 33.3. The molecule has 454 valence electrons. The highest BCUT2D eigenvalue weighted by Crippen LogP contribution is 2.43. The zero-order valence-electron chi connectivity index (χ0n) is 52.0. The molecule has 0 bridgehead atoms. The van der Waals surface area contributed by atoms with Crippen LogP contribution >= 0.6 is 7.82 Å². The molecule has 0 fully saturated rings. The molecule has 1 amide bonds. The van der Waals surface area contributed by atoms with Crippen molar-refractivity contribution >= 4 is 19.7 Å². The van der Waals surface area contributed by atoms with Crippen molar-refractivity contribution in [2.24, 2.45) is 0 Å². The van der Waals surface area contributed by atoms with Gasteiger partial charge in [-0.25, -0.2) is 4.57 Å². The Hall–Kier alpha value is -1.77. The normalized spacial score (nSPS) is 13.8. The van der Waals surface area contributed by atoms with Gasteiger partial charge in [-0.3, -0.25) is 18.6 Å². The van der Waals surface area contributed by atoms with Gasteiger partial charge in [-0.15, -0.1) is 0 Å². The first kappa shape index (κ1) is 75.2. The number of allylic oxidation sites excluding steroid dienone is 5. The molecule has 0 aromatic heterocycles. The van der Waals surface area contributed by atoms with Crippen molar-refractivity contribution in [3.8, 4) is 0 Å². The SMILES string of the molecule is CCCCC/C=C\C/C=C\CCCCCCCCCCCCCCCC(=O)NC(COP(=O)(O)OCC[N+](C)(C)C)C(/C=C\CCCCCCCCCCC)OC(=O)CCCCCCCCCCCCCCCCCCC. The Morgan fingerprint density at radius 1 is 0.455 bits per heavy atom. The third kappa shape index (κ3) is 58.7. The molecule has 0 radical (unpaired) electrons. The van der Waals surface area contributed by atoms with Crippen molar-refractivity contribution in [3.05, 3.63) is 36.5 Å². The van der Waals surface area contributed by atoms with E-state index in [4.69, 9.17) is 13.8 Å². The van der Waals surface area contributed by atoms with Gasteiger partial charge in [-0.05, 0) is 63.9 Å². The molecule has 0 aliphatic rings. The number of nitrogens with zero attached hydrogens (tertiary/aromatic N) is 1. The van der Waals surface area contributed by atoms with E-state index >= 15 is 0 Å². The van der Waals surface area contributed by atoms with Crippen LogP contribution in [0.2, 0.25) is 0 Å². The second-order valence-corrected chi connectivity index (χ2v) is 25.5. The molecule has 0 heterocycles. The van der Waals surface area contributed by atoms with Gasteiger partial charge in [0.1, 0.15) is 19.3 Å². The fourth-order valence-corrected chi connectivity index (χ4v) is 10.7. The van der Waals surface area contributed by atoms with Crippen LogP contribution in [0.3, 0.4) is 0 Å². The zero-order valence-corrected chi connectivity index (χ0v) is 52.9. The largest absolute Gasteiger partial charge is 0.472 e. The highest BCUT2D eigenvalue weighted by Gasteiger charge is 2.30. The second kappa shape index (κ2) is 57.5. The quantitative estimate of drug-likeness (QED) is 0.0205. The van der Waals surface area contributed by atoms with Gasteiger partial charge in [-0.1, -0.05) is 289 Å². The van der Waals surface area contributed by atoms with Gasteiger partial charge < -0.3 is 19.4 Å². The summed E-state index contributed by atoms with van der Waals surface area (Å²) in [6.45, 7) is 7.03. The second-order valence-electron chi connectivity index (χ2n) is 24.0. The van der Waals surface area contributed by atoms with E-state index in [0.717, 1.165) is 64.2 Å². The van der Waals surface area contributed by atoms with Crippen LogP contribution in [0.5, 0.6) is 0 Å². The Balaban J connectivity index is 5.07. The number of amides is 1. The van der Waals surface area contributed by atoms with E-state index in [1.54, 1.807) is 0 Å². The van der Waals surface area contributed by atoms with E-state index < -0.39 is 20.0 Å². The lowest BCUT2D eigenvalue weighted by Gasteiger charge is -2.27. The van der Waals surface area contributed by atoms with E-state index in [2.05, 4.69) is 50.4 Å². The maximum absolute atomic E-state index is 13.6. The van der Waals surface area contributed by atoms with E-state index in [-0.39, 0.29) is 25.1 Å². The van der Waals surface area contributed by atoms with Crippen LogP contribution in [0.1, 0.15) is 329 Å². The standard InChI is InChI=1S/C67H129N2O7P/c1-7-10-13-16-19-22-25-27-29-31-32-33-34-35-36-38-39-41-44-47-50-53-56-59-66(70)68-64(63-75-77(72,73)74-62-61-69(4,5)6)65(58-55-52-49-46-43-24-21-18-15-12-9-3)76-67(71)60-57-54-51-48-45-42-40-37-30-28-26-23-20-17-14-11-8-2/h19,22,27,29,55,58,64-65H,7-18,20-21,23-26,28,30-54,56-57,59-63H2,1-6H3,(H-,68,70,72,73)/p+1/b22-19-,29-27-,58-55-. The van der Waals surface area contributed by atoms with Gasteiger partial charge in [0, 0.05) is 12.8 Å². The van der Waals surface area contributed by atoms with Crippen LogP contribution in [0, 0.1) is 0 Å². The summed E-state index contributed by atoms with van der Waals surface area (Å²) in [5.74, 6) is -0.489. The topological polar surface area (TPSA) is 111 Å². The summed E-state index contributed by atoms with van der Waals surface area (Å²) in [6.07, 6.45) is 70.0. The van der Waals surface area contributed by atoms with Crippen LogP contribution in [0.4, 0.5) is 0 Å². The molecule has 0 saturated heterocycles. The number of likely N-dealkylation sites (N-methyl/N-ethyl adjacent to an activating group) is 1. The summed E-state index contributed by atoms with van der Waals surface area (Å²) < 4.78 is 30.7. The maximum Gasteiger partial charge on any atom is 0.472 e. The number of carbonyl (C=O) groups is 2. The number of quaternary nitrogens is 1. The summed E-state index contributed by atoms with van der Waals surface area (Å²) in [5, 5.41) is 3.07. The predicted octanol–water partition coefficient (Wildman–Crippen LogP) is 20.7. The van der Waals surface area contributed by atoms with Crippen molar-refractivity contribution in [1.82, 2.24) is 5.32 Å².